The molecule has 1 rings (SSSR count). The van der Waals surface area contributed by atoms with Crippen LogP contribution >= 0.6 is 0 Å². The summed E-state index contributed by atoms with van der Waals surface area (Å²) in [6.45, 7) is 4.08. The van der Waals surface area contributed by atoms with Crippen molar-refractivity contribution in [2.75, 3.05) is 7.11 Å². The smallest absolute Gasteiger partial charge is 0.0841 e. The molecule has 0 spiro atoms. The van der Waals surface area contributed by atoms with E-state index >= 15 is 0 Å². The van der Waals surface area contributed by atoms with Crippen LogP contribution in [0.4, 0.5) is 0 Å². The minimum atomic E-state index is -0.415. The summed E-state index contributed by atoms with van der Waals surface area (Å²) < 4.78 is 5.21. The zero-order chi connectivity index (χ0) is 11.3. The maximum absolute atomic E-state index is 9.93. The molecule has 84 valence electrons. The molecule has 0 aliphatic rings. The van der Waals surface area contributed by atoms with Crippen molar-refractivity contribution in [3.8, 4) is 0 Å². The quantitative estimate of drug-likeness (QED) is 0.804. The molecule has 15 heavy (non-hydrogen) atoms. The Balaban J connectivity index is 2.61. The van der Waals surface area contributed by atoms with Crippen molar-refractivity contribution in [3.63, 3.8) is 0 Å². The number of methoxy groups -OCH3 is 1. The van der Waals surface area contributed by atoms with Gasteiger partial charge in [-0.2, -0.15) is 0 Å². The van der Waals surface area contributed by atoms with Gasteiger partial charge in [-0.25, -0.2) is 0 Å². The van der Waals surface area contributed by atoms with E-state index in [2.05, 4.69) is 19.1 Å². The van der Waals surface area contributed by atoms with E-state index < -0.39 is 6.10 Å². The van der Waals surface area contributed by atoms with E-state index in [-0.39, 0.29) is 6.10 Å². The number of benzene rings is 1. The maximum atomic E-state index is 9.93. The second kappa shape index (κ2) is 5.89. The Bertz CT molecular complexity index is 292. The molecule has 0 aliphatic heterocycles. The van der Waals surface area contributed by atoms with Crippen molar-refractivity contribution >= 4 is 0 Å². The van der Waals surface area contributed by atoms with Gasteiger partial charge in [0.25, 0.3) is 0 Å². The maximum Gasteiger partial charge on any atom is 0.0841 e. The number of aliphatic hydroxyl groups is 1. The van der Waals surface area contributed by atoms with Gasteiger partial charge in [0, 0.05) is 13.5 Å². The summed E-state index contributed by atoms with van der Waals surface area (Å²) in [5.74, 6) is 0. The minimum absolute atomic E-state index is 0.0643. The third-order valence-electron chi connectivity index (χ3n) is 2.66. The van der Waals surface area contributed by atoms with Crippen LogP contribution in [0.25, 0.3) is 0 Å². The number of hydrogen-bond donors (Lipinski definition) is 1. The van der Waals surface area contributed by atoms with Gasteiger partial charge in [0.2, 0.25) is 0 Å². The van der Waals surface area contributed by atoms with Gasteiger partial charge < -0.3 is 9.84 Å². The van der Waals surface area contributed by atoms with E-state index in [4.69, 9.17) is 4.74 Å². The van der Waals surface area contributed by atoms with Crippen molar-refractivity contribution in [3.05, 3.63) is 35.4 Å². The zero-order valence-electron chi connectivity index (χ0n) is 9.73. The summed E-state index contributed by atoms with van der Waals surface area (Å²) >= 11 is 0. The molecule has 1 aromatic carbocycles. The fourth-order valence-electron chi connectivity index (χ4n) is 1.81. The number of aryl methyl sites for hydroxylation is 1. The molecular formula is C13H20O2. The standard InChI is InChI=1S/C13H20O2/c1-4-13(15-3)12(14)9-11-7-5-6-10(2)8-11/h5-8,12-14H,4,9H2,1-3H3. The predicted octanol–water partition coefficient (Wildman–Crippen LogP) is 2.32. The molecule has 0 aliphatic carbocycles. The molecule has 0 radical (unpaired) electrons. The molecule has 0 heterocycles. The summed E-state index contributed by atoms with van der Waals surface area (Å²) in [6, 6.07) is 8.22. The lowest BCUT2D eigenvalue weighted by Crippen LogP contribution is -2.29. The van der Waals surface area contributed by atoms with Gasteiger partial charge in [-0.05, 0) is 18.9 Å². The van der Waals surface area contributed by atoms with Crippen molar-refractivity contribution in [2.45, 2.75) is 38.9 Å². The van der Waals surface area contributed by atoms with E-state index in [1.165, 1.54) is 5.56 Å². The van der Waals surface area contributed by atoms with Crippen LogP contribution in [0, 0.1) is 6.92 Å². The molecule has 0 aromatic heterocycles. The van der Waals surface area contributed by atoms with Crippen molar-refractivity contribution in [1.29, 1.82) is 0 Å². The average molecular weight is 208 g/mol. The molecule has 0 amide bonds. The molecule has 2 nitrogen and oxygen atoms in total. The Morgan fingerprint density at radius 1 is 1.40 bits per heavy atom. The molecule has 0 bridgehead atoms. The number of hydrogen-bond acceptors (Lipinski definition) is 2. The summed E-state index contributed by atoms with van der Waals surface area (Å²) in [6.07, 6.45) is 1.02. The van der Waals surface area contributed by atoms with E-state index in [0.29, 0.717) is 6.42 Å². The molecule has 2 unspecified atom stereocenters. The Labute approximate surface area is 91.9 Å². The first-order valence-corrected chi connectivity index (χ1v) is 5.43. The first-order chi connectivity index (χ1) is 7.17. The topological polar surface area (TPSA) is 29.5 Å². The van der Waals surface area contributed by atoms with Gasteiger partial charge in [-0.3, -0.25) is 0 Å². The largest absolute Gasteiger partial charge is 0.390 e. The summed E-state index contributed by atoms with van der Waals surface area (Å²) in [5, 5.41) is 9.93. The van der Waals surface area contributed by atoms with Gasteiger partial charge in [-0.1, -0.05) is 36.8 Å². The highest BCUT2D eigenvalue weighted by molar-refractivity contribution is 5.22. The van der Waals surface area contributed by atoms with Crippen LogP contribution in [0.1, 0.15) is 24.5 Å². The molecule has 1 N–H and O–H groups in total. The van der Waals surface area contributed by atoms with Crippen LogP contribution in [0.3, 0.4) is 0 Å². The lowest BCUT2D eigenvalue weighted by atomic mass is 10.0. The Morgan fingerprint density at radius 2 is 2.13 bits per heavy atom. The predicted molar refractivity (Wildman–Crippen MR) is 62.0 cm³/mol. The van der Waals surface area contributed by atoms with Gasteiger partial charge in [-0.15, -0.1) is 0 Å². The molecule has 2 atom stereocenters. The number of ether oxygens (including phenoxy) is 1. The first-order valence-electron chi connectivity index (χ1n) is 5.43. The first kappa shape index (κ1) is 12.2. The van der Waals surface area contributed by atoms with Crippen molar-refractivity contribution in [2.24, 2.45) is 0 Å². The normalized spacial score (nSPS) is 14.9. The van der Waals surface area contributed by atoms with Gasteiger partial charge in [0.15, 0.2) is 0 Å². The highest BCUT2D eigenvalue weighted by atomic mass is 16.5. The zero-order valence-corrected chi connectivity index (χ0v) is 9.73. The molecule has 0 saturated heterocycles. The molecule has 0 saturated carbocycles. The van der Waals surface area contributed by atoms with Crippen molar-refractivity contribution in [1.82, 2.24) is 0 Å². The van der Waals surface area contributed by atoms with E-state index in [9.17, 15) is 5.11 Å². The lowest BCUT2D eigenvalue weighted by molar-refractivity contribution is -0.0128. The molecule has 1 aromatic rings. The highest BCUT2D eigenvalue weighted by Gasteiger charge is 2.16. The fraction of sp³-hybridized carbons (Fsp3) is 0.538. The van der Waals surface area contributed by atoms with Crippen LogP contribution < -0.4 is 0 Å². The fourth-order valence-corrected chi connectivity index (χ4v) is 1.81. The van der Waals surface area contributed by atoms with Crippen LogP contribution in [0.5, 0.6) is 0 Å². The van der Waals surface area contributed by atoms with Crippen LogP contribution in [0.15, 0.2) is 24.3 Å². The van der Waals surface area contributed by atoms with Crippen LogP contribution in [0.2, 0.25) is 0 Å². The highest BCUT2D eigenvalue weighted by Crippen LogP contribution is 2.11. The molecule has 0 fully saturated rings. The monoisotopic (exact) mass is 208 g/mol. The van der Waals surface area contributed by atoms with Crippen LogP contribution in [-0.4, -0.2) is 24.4 Å². The summed E-state index contributed by atoms with van der Waals surface area (Å²) in [4.78, 5) is 0. The van der Waals surface area contributed by atoms with Gasteiger partial charge >= 0.3 is 0 Å². The van der Waals surface area contributed by atoms with E-state index in [1.807, 2.05) is 19.1 Å². The average Bonchev–Trinajstić information content (AvgIpc) is 2.19. The van der Waals surface area contributed by atoms with Crippen LogP contribution in [-0.2, 0) is 11.2 Å². The van der Waals surface area contributed by atoms with Gasteiger partial charge in [0.05, 0.1) is 12.2 Å². The van der Waals surface area contributed by atoms with E-state index in [1.54, 1.807) is 7.11 Å². The second-order valence-electron chi connectivity index (χ2n) is 3.94. The molecule has 2 heteroatoms. The minimum Gasteiger partial charge on any atom is -0.390 e. The van der Waals surface area contributed by atoms with Crippen molar-refractivity contribution < 1.29 is 9.84 Å². The third-order valence-corrected chi connectivity index (χ3v) is 2.66. The Morgan fingerprint density at radius 3 is 2.67 bits per heavy atom. The second-order valence-corrected chi connectivity index (χ2v) is 3.94. The Kier molecular flexibility index (Phi) is 4.79. The Hall–Kier alpha value is -0.860. The summed E-state index contributed by atoms with van der Waals surface area (Å²) in [5.41, 5.74) is 2.39. The van der Waals surface area contributed by atoms with E-state index in [0.717, 1.165) is 12.0 Å². The van der Waals surface area contributed by atoms with Gasteiger partial charge in [0.1, 0.15) is 0 Å². The number of aliphatic hydroxyl groups excluding tert-OH is 1. The third kappa shape index (κ3) is 3.65. The summed E-state index contributed by atoms with van der Waals surface area (Å²) in [7, 11) is 1.65. The SMILES string of the molecule is CCC(OC)C(O)Cc1cccc(C)c1. The molecular weight excluding hydrogens is 188 g/mol. The lowest BCUT2D eigenvalue weighted by Gasteiger charge is -2.20. The number of rotatable bonds is 5.